The maximum absolute atomic E-state index is 12.3. The predicted molar refractivity (Wildman–Crippen MR) is 79.3 cm³/mol. The summed E-state index contributed by atoms with van der Waals surface area (Å²) >= 11 is 5.81. The van der Waals surface area contributed by atoms with Gasteiger partial charge in [-0.1, -0.05) is 24.4 Å². The molecule has 2 unspecified atom stereocenters. The van der Waals surface area contributed by atoms with Crippen molar-refractivity contribution < 1.29 is 13.5 Å². The van der Waals surface area contributed by atoms with Crippen molar-refractivity contribution >= 4 is 21.6 Å². The van der Waals surface area contributed by atoms with Crippen molar-refractivity contribution in [1.82, 2.24) is 4.72 Å². The summed E-state index contributed by atoms with van der Waals surface area (Å²) in [5.41, 5.74) is 0.0519. The molecule has 1 aromatic carbocycles. The Balaban J connectivity index is 2.15. The summed E-state index contributed by atoms with van der Waals surface area (Å²) in [7, 11) is -3.82. The van der Waals surface area contributed by atoms with Gasteiger partial charge in [0.1, 0.15) is 11.0 Å². The maximum atomic E-state index is 12.3. The zero-order chi connectivity index (χ0) is 15.5. The quantitative estimate of drug-likeness (QED) is 0.885. The molecule has 0 radical (unpaired) electrons. The Labute approximate surface area is 129 Å². The fraction of sp³-hybridized carbons (Fsp3) is 0.500. The minimum atomic E-state index is -3.82. The highest BCUT2D eigenvalue weighted by Crippen LogP contribution is 2.25. The Morgan fingerprint density at radius 1 is 1.38 bits per heavy atom. The van der Waals surface area contributed by atoms with Gasteiger partial charge in [0.2, 0.25) is 10.0 Å². The molecular weight excluding hydrogens is 312 g/mol. The zero-order valence-corrected chi connectivity index (χ0v) is 13.0. The van der Waals surface area contributed by atoms with Crippen LogP contribution in [0.5, 0.6) is 0 Å². The van der Waals surface area contributed by atoms with Gasteiger partial charge in [-0.15, -0.1) is 0 Å². The minimum absolute atomic E-state index is 0.0519. The lowest BCUT2D eigenvalue weighted by atomic mass is 9.87. The number of hydrogen-bond acceptors (Lipinski definition) is 4. The predicted octanol–water partition coefficient (Wildman–Crippen LogP) is 2.04. The number of hydrogen-bond donors (Lipinski definition) is 2. The van der Waals surface area contributed by atoms with Crippen molar-refractivity contribution in [2.75, 3.05) is 6.54 Å². The van der Waals surface area contributed by atoms with E-state index < -0.39 is 16.1 Å². The van der Waals surface area contributed by atoms with Crippen LogP contribution in [-0.2, 0) is 10.0 Å². The second-order valence-corrected chi connectivity index (χ2v) is 7.39. The Kier molecular flexibility index (Phi) is 5.22. The Morgan fingerprint density at radius 2 is 2.10 bits per heavy atom. The molecule has 0 bridgehead atoms. The fourth-order valence-electron chi connectivity index (χ4n) is 2.53. The van der Waals surface area contributed by atoms with E-state index in [0.29, 0.717) is 6.42 Å². The molecule has 0 aromatic heterocycles. The number of halogens is 1. The van der Waals surface area contributed by atoms with Crippen LogP contribution < -0.4 is 4.72 Å². The second-order valence-electron chi connectivity index (χ2n) is 5.22. The van der Waals surface area contributed by atoms with Crippen LogP contribution in [0.4, 0.5) is 0 Å². The highest BCUT2D eigenvalue weighted by Gasteiger charge is 2.26. The number of nitrogens with one attached hydrogen (secondary N) is 1. The summed E-state index contributed by atoms with van der Waals surface area (Å²) in [6, 6.07) is 5.97. The van der Waals surface area contributed by atoms with Crippen LogP contribution in [0.1, 0.15) is 31.2 Å². The van der Waals surface area contributed by atoms with E-state index in [1.54, 1.807) is 0 Å². The number of nitrogens with zero attached hydrogens (tertiary/aromatic N) is 1. The van der Waals surface area contributed by atoms with Gasteiger partial charge in [0.15, 0.2) is 0 Å². The largest absolute Gasteiger partial charge is 0.393 e. The first-order chi connectivity index (χ1) is 9.94. The summed E-state index contributed by atoms with van der Waals surface area (Å²) in [5.74, 6) is -0.0850. The number of rotatable bonds is 4. The number of aliphatic hydroxyl groups is 1. The molecule has 0 amide bonds. The third kappa shape index (κ3) is 3.95. The summed E-state index contributed by atoms with van der Waals surface area (Å²) in [4.78, 5) is -0.122. The van der Waals surface area contributed by atoms with Crippen LogP contribution >= 0.6 is 11.6 Å². The summed E-state index contributed by atoms with van der Waals surface area (Å²) in [5, 5.41) is 19.1. The highest BCUT2D eigenvalue weighted by molar-refractivity contribution is 7.89. The molecule has 1 aliphatic carbocycles. The topological polar surface area (TPSA) is 90.2 Å². The van der Waals surface area contributed by atoms with E-state index >= 15 is 0 Å². The molecule has 2 rings (SSSR count). The van der Waals surface area contributed by atoms with Crippen LogP contribution in [0.3, 0.4) is 0 Å². The molecule has 114 valence electrons. The van der Waals surface area contributed by atoms with E-state index in [0.717, 1.165) is 19.3 Å². The number of sulfonamides is 1. The van der Waals surface area contributed by atoms with E-state index in [4.69, 9.17) is 16.9 Å². The molecule has 0 saturated heterocycles. The molecule has 0 spiro atoms. The van der Waals surface area contributed by atoms with Gasteiger partial charge in [-0.25, -0.2) is 13.1 Å². The van der Waals surface area contributed by atoms with Crippen molar-refractivity contribution in [2.45, 2.75) is 36.7 Å². The van der Waals surface area contributed by atoms with Crippen LogP contribution in [0.25, 0.3) is 0 Å². The van der Waals surface area contributed by atoms with Gasteiger partial charge >= 0.3 is 0 Å². The highest BCUT2D eigenvalue weighted by atomic mass is 35.5. The van der Waals surface area contributed by atoms with Crippen LogP contribution in [0.2, 0.25) is 5.02 Å². The van der Waals surface area contributed by atoms with Crippen molar-refractivity contribution in [3.63, 3.8) is 0 Å². The van der Waals surface area contributed by atoms with Gasteiger partial charge in [-0.2, -0.15) is 5.26 Å². The van der Waals surface area contributed by atoms with E-state index in [9.17, 15) is 13.5 Å². The molecule has 0 aliphatic heterocycles. The second kappa shape index (κ2) is 6.75. The van der Waals surface area contributed by atoms with Gasteiger partial charge in [0.05, 0.1) is 11.7 Å². The number of benzene rings is 1. The lowest BCUT2D eigenvalue weighted by Crippen LogP contribution is -2.36. The van der Waals surface area contributed by atoms with Crippen LogP contribution in [0, 0.1) is 17.2 Å². The number of aliphatic hydroxyl groups excluding tert-OH is 1. The van der Waals surface area contributed by atoms with Gasteiger partial charge in [-0.05, 0) is 37.0 Å². The molecular formula is C14H17ClN2O3S. The van der Waals surface area contributed by atoms with Gasteiger partial charge < -0.3 is 5.11 Å². The first-order valence-corrected chi connectivity index (χ1v) is 8.67. The number of nitriles is 1. The summed E-state index contributed by atoms with van der Waals surface area (Å²) in [6.45, 7) is 0.168. The molecule has 0 heterocycles. The van der Waals surface area contributed by atoms with Crippen LogP contribution in [0.15, 0.2) is 23.1 Å². The van der Waals surface area contributed by atoms with Gasteiger partial charge in [0.25, 0.3) is 0 Å². The Hall–Kier alpha value is -1.13. The zero-order valence-electron chi connectivity index (χ0n) is 11.4. The maximum Gasteiger partial charge on any atom is 0.241 e. The van der Waals surface area contributed by atoms with Crippen molar-refractivity contribution in [3.05, 3.63) is 28.8 Å². The third-order valence-electron chi connectivity index (χ3n) is 3.76. The van der Waals surface area contributed by atoms with Crippen molar-refractivity contribution in [2.24, 2.45) is 5.92 Å². The van der Waals surface area contributed by atoms with Crippen molar-refractivity contribution in [3.8, 4) is 6.07 Å². The smallest absolute Gasteiger partial charge is 0.241 e. The molecule has 1 aromatic rings. The molecule has 21 heavy (non-hydrogen) atoms. The van der Waals surface area contributed by atoms with E-state index in [2.05, 4.69) is 4.72 Å². The molecule has 2 N–H and O–H groups in total. The first-order valence-electron chi connectivity index (χ1n) is 6.81. The Bertz CT molecular complexity index is 655. The third-order valence-corrected chi connectivity index (χ3v) is 5.46. The molecule has 5 nitrogen and oxygen atoms in total. The standard InChI is InChI=1S/C14H17ClN2O3S/c15-12-6-5-10(8-16)14(7-12)21(19,20)17-9-11-3-1-2-4-13(11)18/h5-7,11,13,17-18H,1-4,9H2. The van der Waals surface area contributed by atoms with Gasteiger partial charge in [-0.3, -0.25) is 0 Å². The van der Waals surface area contributed by atoms with E-state index in [-0.39, 0.29) is 27.9 Å². The molecule has 1 saturated carbocycles. The lowest BCUT2D eigenvalue weighted by molar-refractivity contribution is 0.0724. The normalized spacial score (nSPS) is 22.7. The minimum Gasteiger partial charge on any atom is -0.393 e. The average molecular weight is 329 g/mol. The van der Waals surface area contributed by atoms with Crippen molar-refractivity contribution in [1.29, 1.82) is 5.26 Å². The van der Waals surface area contributed by atoms with Gasteiger partial charge in [0, 0.05) is 11.6 Å². The summed E-state index contributed by atoms with van der Waals surface area (Å²) in [6.07, 6.45) is 2.98. The molecule has 2 atom stereocenters. The monoisotopic (exact) mass is 328 g/mol. The average Bonchev–Trinajstić information content (AvgIpc) is 2.46. The van der Waals surface area contributed by atoms with E-state index in [1.165, 1.54) is 18.2 Å². The fourth-order valence-corrected chi connectivity index (χ4v) is 4.04. The van der Waals surface area contributed by atoms with E-state index in [1.807, 2.05) is 6.07 Å². The summed E-state index contributed by atoms with van der Waals surface area (Å²) < 4.78 is 27.1. The molecule has 1 fully saturated rings. The molecule has 7 heteroatoms. The first kappa shape index (κ1) is 16.2. The molecule has 1 aliphatic rings. The Morgan fingerprint density at radius 3 is 2.76 bits per heavy atom. The van der Waals surface area contributed by atoms with Crippen LogP contribution in [-0.4, -0.2) is 26.2 Å². The SMILES string of the molecule is N#Cc1ccc(Cl)cc1S(=O)(=O)NCC1CCCCC1O. The lowest BCUT2D eigenvalue weighted by Gasteiger charge is -2.27.